The molecule has 1 rings (SSSR count). The summed E-state index contributed by atoms with van der Waals surface area (Å²) in [5.41, 5.74) is 0. The number of rotatable bonds is 6. The van der Waals surface area contributed by atoms with Crippen molar-refractivity contribution < 1.29 is 9.53 Å². The lowest BCUT2D eigenvalue weighted by molar-refractivity contribution is -0.179. The molecule has 0 spiro atoms. The van der Waals surface area contributed by atoms with Gasteiger partial charge >= 0.3 is 5.97 Å². The molecule has 1 saturated heterocycles. The van der Waals surface area contributed by atoms with Gasteiger partial charge in [0.25, 0.3) is 0 Å². The molecule has 0 aromatic heterocycles. The summed E-state index contributed by atoms with van der Waals surface area (Å²) in [4.78, 5) is 11.1. The van der Waals surface area contributed by atoms with E-state index in [-0.39, 0.29) is 18.0 Å². The number of ether oxygens (including phenoxy) is 1. The molecular weight excluding hydrogens is 176 g/mol. The van der Waals surface area contributed by atoms with Crippen LogP contribution in [0.25, 0.3) is 0 Å². The number of carbonyl (C=O) groups is 1. The lowest BCUT2D eigenvalue weighted by Crippen LogP contribution is -2.43. The van der Waals surface area contributed by atoms with Crippen LogP contribution in [-0.2, 0) is 9.53 Å². The summed E-state index contributed by atoms with van der Waals surface area (Å²) < 4.78 is 5.07. The van der Waals surface area contributed by atoms with Crippen molar-refractivity contribution in [3.05, 3.63) is 24.8 Å². The molecule has 0 radical (unpaired) electrons. The summed E-state index contributed by atoms with van der Waals surface area (Å²) in [5, 5.41) is 0. The van der Waals surface area contributed by atoms with Gasteiger partial charge in [0.2, 0.25) is 0 Å². The summed E-state index contributed by atoms with van der Waals surface area (Å²) in [6.45, 7) is 5.75. The molecule has 0 bridgehead atoms. The van der Waals surface area contributed by atoms with Crippen LogP contribution < -0.4 is 0 Å². The number of esters is 1. The highest BCUT2D eigenvalue weighted by Gasteiger charge is 2.39. The Balaban J connectivity index is 2.29. The Morgan fingerprint density at radius 1 is 1.50 bits per heavy atom. The van der Waals surface area contributed by atoms with Gasteiger partial charge in [-0.25, -0.2) is 0 Å². The predicted molar refractivity (Wildman–Crippen MR) is 56.8 cm³/mol. The molecule has 2 heteroatoms. The zero-order valence-electron chi connectivity index (χ0n) is 8.74. The van der Waals surface area contributed by atoms with E-state index in [9.17, 15) is 4.79 Å². The second-order valence-electron chi connectivity index (χ2n) is 3.62. The van der Waals surface area contributed by atoms with Crippen LogP contribution in [0.1, 0.15) is 32.6 Å². The third-order valence-electron chi connectivity index (χ3n) is 2.49. The zero-order valence-corrected chi connectivity index (χ0v) is 8.74. The quantitative estimate of drug-likeness (QED) is 0.369. The molecule has 0 N–H and O–H groups in total. The topological polar surface area (TPSA) is 26.3 Å². The first-order valence-corrected chi connectivity index (χ1v) is 5.29. The first-order valence-electron chi connectivity index (χ1n) is 5.29. The molecule has 0 saturated carbocycles. The minimum absolute atomic E-state index is 0.0233. The number of allylic oxidation sites excluding steroid dienone is 2. The molecule has 0 aromatic carbocycles. The molecule has 1 aliphatic rings. The molecule has 2 nitrogen and oxygen atoms in total. The van der Waals surface area contributed by atoms with Crippen LogP contribution >= 0.6 is 0 Å². The summed E-state index contributed by atoms with van der Waals surface area (Å²) in [6, 6.07) is 0. The number of hydrogen-bond acceptors (Lipinski definition) is 2. The summed E-state index contributed by atoms with van der Waals surface area (Å²) in [7, 11) is 0. The van der Waals surface area contributed by atoms with E-state index >= 15 is 0 Å². The van der Waals surface area contributed by atoms with Gasteiger partial charge in [-0.05, 0) is 12.8 Å². The van der Waals surface area contributed by atoms with Crippen molar-refractivity contribution in [1.82, 2.24) is 0 Å². The number of cyclic esters (lactones) is 1. The van der Waals surface area contributed by atoms with Gasteiger partial charge in [-0.2, -0.15) is 0 Å². The highest BCUT2D eigenvalue weighted by molar-refractivity contribution is 5.80. The zero-order chi connectivity index (χ0) is 10.4. The third-order valence-corrected chi connectivity index (χ3v) is 2.49. The largest absolute Gasteiger partial charge is 0.461 e. The fourth-order valence-corrected chi connectivity index (χ4v) is 1.62. The molecule has 0 aliphatic carbocycles. The third kappa shape index (κ3) is 2.72. The first kappa shape index (κ1) is 11.0. The van der Waals surface area contributed by atoms with Gasteiger partial charge in [-0.15, -0.1) is 0 Å². The average Bonchev–Trinajstić information content (AvgIpc) is 2.17. The molecule has 2 atom stereocenters. The Kier molecular flexibility index (Phi) is 4.44. The summed E-state index contributed by atoms with van der Waals surface area (Å²) >= 11 is 0. The van der Waals surface area contributed by atoms with E-state index in [1.54, 1.807) is 6.08 Å². The second-order valence-corrected chi connectivity index (χ2v) is 3.62. The average molecular weight is 194 g/mol. The van der Waals surface area contributed by atoms with E-state index in [2.05, 4.69) is 13.5 Å². The van der Waals surface area contributed by atoms with Gasteiger partial charge in [0.05, 0.1) is 0 Å². The van der Waals surface area contributed by atoms with E-state index in [1.807, 2.05) is 12.2 Å². The molecule has 0 amide bonds. The van der Waals surface area contributed by atoms with Crippen LogP contribution in [0.15, 0.2) is 24.8 Å². The van der Waals surface area contributed by atoms with E-state index in [0.29, 0.717) is 0 Å². The van der Waals surface area contributed by atoms with Gasteiger partial charge in [-0.1, -0.05) is 44.6 Å². The first-order chi connectivity index (χ1) is 6.79. The van der Waals surface area contributed by atoms with Gasteiger partial charge in [-0.3, -0.25) is 4.79 Å². The van der Waals surface area contributed by atoms with Crippen LogP contribution in [0.5, 0.6) is 0 Å². The van der Waals surface area contributed by atoms with Gasteiger partial charge < -0.3 is 4.74 Å². The van der Waals surface area contributed by atoms with Gasteiger partial charge in [0.15, 0.2) is 0 Å². The van der Waals surface area contributed by atoms with Crippen LogP contribution in [-0.4, -0.2) is 12.1 Å². The minimum Gasteiger partial charge on any atom is -0.461 e. The summed E-state index contributed by atoms with van der Waals surface area (Å²) in [5.74, 6) is -0.116. The Hall–Kier alpha value is -1.05. The fourth-order valence-electron chi connectivity index (χ4n) is 1.62. The van der Waals surface area contributed by atoms with Crippen LogP contribution in [0.3, 0.4) is 0 Å². The van der Waals surface area contributed by atoms with Crippen molar-refractivity contribution in [2.24, 2.45) is 5.92 Å². The van der Waals surface area contributed by atoms with Gasteiger partial charge in [0, 0.05) is 0 Å². The highest BCUT2D eigenvalue weighted by Crippen LogP contribution is 2.28. The van der Waals surface area contributed by atoms with Gasteiger partial charge in [0.1, 0.15) is 12.0 Å². The second kappa shape index (κ2) is 5.63. The normalized spacial score (nSPS) is 25.9. The molecule has 78 valence electrons. The fraction of sp³-hybridized carbons (Fsp3) is 0.583. The number of unbranched alkanes of at least 4 members (excludes halogenated alkanes) is 2. The van der Waals surface area contributed by atoms with E-state index in [1.165, 1.54) is 12.8 Å². The Morgan fingerprint density at radius 2 is 2.29 bits per heavy atom. The maximum Gasteiger partial charge on any atom is 0.316 e. The van der Waals surface area contributed by atoms with Crippen molar-refractivity contribution in [2.75, 3.05) is 0 Å². The SMILES string of the molecule is C=CC=CC1C(=O)OC1CCCCC. The minimum atomic E-state index is -0.0930. The molecule has 14 heavy (non-hydrogen) atoms. The Labute approximate surface area is 85.6 Å². The van der Waals surface area contributed by atoms with E-state index in [4.69, 9.17) is 4.74 Å². The molecule has 1 heterocycles. The molecule has 2 unspecified atom stereocenters. The van der Waals surface area contributed by atoms with E-state index in [0.717, 1.165) is 12.8 Å². The highest BCUT2D eigenvalue weighted by atomic mass is 16.6. The van der Waals surface area contributed by atoms with Crippen molar-refractivity contribution in [2.45, 2.75) is 38.7 Å². The van der Waals surface area contributed by atoms with Crippen molar-refractivity contribution in [3.8, 4) is 0 Å². The number of carbonyl (C=O) groups excluding carboxylic acids is 1. The predicted octanol–water partition coefficient (Wildman–Crippen LogP) is 2.85. The van der Waals surface area contributed by atoms with Crippen LogP contribution in [0.2, 0.25) is 0 Å². The molecular formula is C12H18O2. The maximum absolute atomic E-state index is 11.1. The van der Waals surface area contributed by atoms with E-state index < -0.39 is 0 Å². The van der Waals surface area contributed by atoms with Crippen molar-refractivity contribution in [1.29, 1.82) is 0 Å². The lowest BCUT2D eigenvalue weighted by Gasteiger charge is -2.33. The molecule has 1 aliphatic heterocycles. The Morgan fingerprint density at radius 3 is 2.86 bits per heavy atom. The van der Waals surface area contributed by atoms with Crippen molar-refractivity contribution in [3.63, 3.8) is 0 Å². The molecule has 0 aromatic rings. The standard InChI is InChI=1S/C12H18O2/c1-3-5-7-9-11-10(8-6-4-2)12(13)14-11/h4,6,8,10-11H,2-3,5,7,9H2,1H3. The Bertz CT molecular complexity index is 230. The lowest BCUT2D eigenvalue weighted by atomic mass is 9.92. The van der Waals surface area contributed by atoms with Crippen LogP contribution in [0.4, 0.5) is 0 Å². The summed E-state index contributed by atoms with van der Waals surface area (Å²) in [6.07, 6.45) is 10.1. The smallest absolute Gasteiger partial charge is 0.316 e. The monoisotopic (exact) mass is 194 g/mol. The molecule has 1 fully saturated rings. The van der Waals surface area contributed by atoms with Crippen LogP contribution in [0, 0.1) is 5.92 Å². The number of hydrogen-bond donors (Lipinski definition) is 0. The maximum atomic E-state index is 11.1. The van der Waals surface area contributed by atoms with Crippen molar-refractivity contribution >= 4 is 5.97 Å².